The second-order valence-corrected chi connectivity index (χ2v) is 7.26. The topological polar surface area (TPSA) is 97.5 Å². The molecule has 1 aliphatic heterocycles. The monoisotopic (exact) mass is 476 g/mol. The summed E-state index contributed by atoms with van der Waals surface area (Å²) in [6.45, 7) is 4.60. The van der Waals surface area contributed by atoms with Gasteiger partial charge in [-0.2, -0.15) is 13.2 Å². The van der Waals surface area contributed by atoms with Gasteiger partial charge in [-0.3, -0.25) is 9.78 Å². The van der Waals surface area contributed by atoms with Gasteiger partial charge in [0.05, 0.1) is 18.5 Å². The van der Waals surface area contributed by atoms with Crippen LogP contribution < -0.4 is 4.74 Å². The molecule has 1 aromatic carbocycles. The van der Waals surface area contributed by atoms with Crippen LogP contribution in [0, 0.1) is 0 Å². The Kier molecular flexibility index (Phi) is 7.87. The molecule has 0 unspecified atom stereocenters. The van der Waals surface area contributed by atoms with Crippen molar-refractivity contribution < 1.29 is 32.6 Å². The summed E-state index contributed by atoms with van der Waals surface area (Å²) in [5, 5.41) is 7.12. The lowest BCUT2D eigenvalue weighted by atomic mass is 10.2. The van der Waals surface area contributed by atoms with Crippen molar-refractivity contribution in [3.05, 3.63) is 66.4 Å². The van der Waals surface area contributed by atoms with Gasteiger partial charge in [0.25, 0.3) is 5.91 Å². The number of carbonyl (C=O) groups is 2. The number of aromatic nitrogens is 3. The van der Waals surface area contributed by atoms with E-state index in [1.165, 1.54) is 0 Å². The molecule has 0 fully saturated rings. The first-order valence-corrected chi connectivity index (χ1v) is 10.5. The van der Waals surface area contributed by atoms with Crippen LogP contribution in [0.3, 0.4) is 0 Å². The van der Waals surface area contributed by atoms with E-state index in [-0.39, 0.29) is 5.91 Å². The molecule has 0 saturated carbocycles. The minimum Gasteiger partial charge on any atom is -0.494 e. The van der Waals surface area contributed by atoms with Crippen molar-refractivity contribution in [1.29, 1.82) is 0 Å². The molecule has 1 aliphatic rings. The summed E-state index contributed by atoms with van der Waals surface area (Å²) in [4.78, 5) is 32.5. The SMILES string of the molecule is CCOc1ccc(C(=O)N2CCc3ncc(-c4cccnc4)n3CC2)cc1.O=C(O)C(F)(F)F. The molecule has 4 rings (SSSR count). The Balaban J connectivity index is 0.000000406. The highest BCUT2D eigenvalue weighted by atomic mass is 19.4. The lowest BCUT2D eigenvalue weighted by Gasteiger charge is -2.20. The molecule has 34 heavy (non-hydrogen) atoms. The Morgan fingerprint density at radius 3 is 2.38 bits per heavy atom. The molecule has 3 aromatic rings. The van der Waals surface area contributed by atoms with Crippen molar-refractivity contribution in [2.75, 3.05) is 19.7 Å². The number of hydrogen-bond acceptors (Lipinski definition) is 5. The number of rotatable bonds is 4. The Morgan fingerprint density at radius 2 is 1.79 bits per heavy atom. The van der Waals surface area contributed by atoms with Crippen molar-refractivity contribution in [1.82, 2.24) is 19.4 Å². The Hall–Kier alpha value is -3.89. The van der Waals surface area contributed by atoms with E-state index in [4.69, 9.17) is 14.6 Å². The molecule has 0 atom stereocenters. The van der Waals surface area contributed by atoms with Gasteiger partial charge in [0.15, 0.2) is 0 Å². The quantitative estimate of drug-likeness (QED) is 0.617. The maximum Gasteiger partial charge on any atom is 0.490 e. The molecule has 1 amide bonds. The van der Waals surface area contributed by atoms with Crippen molar-refractivity contribution in [2.45, 2.75) is 26.1 Å². The predicted molar refractivity (Wildman–Crippen MR) is 116 cm³/mol. The normalized spacial score (nSPS) is 13.2. The molecule has 11 heteroatoms. The minimum absolute atomic E-state index is 0.0479. The van der Waals surface area contributed by atoms with Gasteiger partial charge in [0.2, 0.25) is 0 Å². The number of alkyl halides is 3. The molecule has 2 aromatic heterocycles. The number of hydrogen-bond donors (Lipinski definition) is 1. The van der Waals surface area contributed by atoms with Crippen LogP contribution in [0.1, 0.15) is 23.1 Å². The maximum atomic E-state index is 12.9. The van der Waals surface area contributed by atoms with Crippen molar-refractivity contribution in [2.24, 2.45) is 0 Å². The molecule has 0 bridgehead atoms. The number of fused-ring (bicyclic) bond motifs is 1. The third kappa shape index (κ3) is 6.12. The van der Waals surface area contributed by atoms with E-state index >= 15 is 0 Å². The van der Waals surface area contributed by atoms with Crippen LogP contribution in [0.5, 0.6) is 5.75 Å². The van der Waals surface area contributed by atoms with E-state index in [1.807, 2.05) is 60.6 Å². The van der Waals surface area contributed by atoms with E-state index in [0.717, 1.165) is 35.8 Å². The molecular weight excluding hydrogens is 453 g/mol. The average Bonchev–Trinajstić information content (AvgIpc) is 3.11. The van der Waals surface area contributed by atoms with Crippen molar-refractivity contribution in [3.8, 4) is 17.0 Å². The summed E-state index contributed by atoms with van der Waals surface area (Å²) in [7, 11) is 0. The van der Waals surface area contributed by atoms with Crippen LogP contribution >= 0.6 is 0 Å². The Morgan fingerprint density at radius 1 is 1.09 bits per heavy atom. The Labute approximate surface area is 193 Å². The summed E-state index contributed by atoms with van der Waals surface area (Å²) in [6, 6.07) is 11.3. The van der Waals surface area contributed by atoms with Gasteiger partial charge < -0.3 is 19.3 Å². The number of carbonyl (C=O) groups excluding carboxylic acids is 1. The van der Waals surface area contributed by atoms with Crippen LogP contribution in [0.4, 0.5) is 13.2 Å². The second-order valence-electron chi connectivity index (χ2n) is 7.26. The van der Waals surface area contributed by atoms with Crippen LogP contribution in [0.2, 0.25) is 0 Å². The summed E-state index contributed by atoms with van der Waals surface area (Å²) in [5.74, 6) is -0.916. The third-order valence-corrected chi connectivity index (χ3v) is 5.04. The maximum absolute atomic E-state index is 12.9. The van der Waals surface area contributed by atoms with Gasteiger partial charge in [-0.1, -0.05) is 0 Å². The van der Waals surface area contributed by atoms with Gasteiger partial charge in [-0.25, -0.2) is 9.78 Å². The van der Waals surface area contributed by atoms with Crippen molar-refractivity contribution in [3.63, 3.8) is 0 Å². The first-order chi connectivity index (χ1) is 16.2. The van der Waals surface area contributed by atoms with Crippen LogP contribution in [-0.2, 0) is 17.8 Å². The highest BCUT2D eigenvalue weighted by Gasteiger charge is 2.38. The molecule has 180 valence electrons. The van der Waals surface area contributed by atoms with Gasteiger partial charge in [-0.15, -0.1) is 0 Å². The second kappa shape index (κ2) is 10.8. The number of carboxylic acid groups (broad SMARTS) is 1. The fourth-order valence-corrected chi connectivity index (χ4v) is 3.42. The van der Waals surface area contributed by atoms with Crippen LogP contribution in [0.15, 0.2) is 55.0 Å². The fraction of sp³-hybridized carbons (Fsp3) is 0.304. The van der Waals surface area contributed by atoms with Gasteiger partial charge in [0, 0.05) is 49.6 Å². The summed E-state index contributed by atoms with van der Waals surface area (Å²) >= 11 is 0. The van der Waals surface area contributed by atoms with Crippen molar-refractivity contribution >= 4 is 11.9 Å². The van der Waals surface area contributed by atoms with E-state index < -0.39 is 12.1 Å². The number of halogens is 3. The zero-order chi connectivity index (χ0) is 24.7. The molecular formula is C23H23F3N4O4. The lowest BCUT2D eigenvalue weighted by molar-refractivity contribution is -0.192. The number of carboxylic acids is 1. The van der Waals surface area contributed by atoms with Gasteiger partial charge in [-0.05, 0) is 43.3 Å². The van der Waals surface area contributed by atoms with E-state index in [2.05, 4.69) is 14.5 Å². The zero-order valence-electron chi connectivity index (χ0n) is 18.3. The highest BCUT2D eigenvalue weighted by Crippen LogP contribution is 2.23. The predicted octanol–water partition coefficient (Wildman–Crippen LogP) is 3.68. The van der Waals surface area contributed by atoms with Gasteiger partial charge in [0.1, 0.15) is 11.6 Å². The number of aliphatic carboxylic acids is 1. The molecule has 0 radical (unpaired) electrons. The fourth-order valence-electron chi connectivity index (χ4n) is 3.42. The standard InChI is InChI=1S/C21H22N4O2.C2HF3O2/c1-2-27-18-7-5-16(6-8-18)21(26)24-11-9-20-23-15-19(25(20)13-12-24)17-4-3-10-22-14-17;3-2(4,5)1(6)7/h3-8,10,14-15H,2,9,11-13H2,1H3;(H,6,7). The number of pyridine rings is 1. The van der Waals surface area contributed by atoms with E-state index in [1.54, 1.807) is 6.20 Å². The minimum atomic E-state index is -5.08. The van der Waals surface area contributed by atoms with Gasteiger partial charge >= 0.3 is 12.1 Å². The largest absolute Gasteiger partial charge is 0.494 e. The first kappa shape index (κ1) is 24.7. The molecule has 0 saturated heterocycles. The van der Waals surface area contributed by atoms with Crippen LogP contribution in [0.25, 0.3) is 11.3 Å². The number of ether oxygens (including phenoxy) is 1. The first-order valence-electron chi connectivity index (χ1n) is 10.5. The third-order valence-electron chi connectivity index (χ3n) is 5.04. The smallest absolute Gasteiger partial charge is 0.490 e. The van der Waals surface area contributed by atoms with E-state index in [0.29, 0.717) is 25.3 Å². The zero-order valence-corrected chi connectivity index (χ0v) is 18.3. The summed E-state index contributed by atoms with van der Waals surface area (Å²) < 4.78 is 39.4. The molecule has 8 nitrogen and oxygen atoms in total. The number of amides is 1. The summed E-state index contributed by atoms with van der Waals surface area (Å²) in [5.41, 5.74) is 2.78. The average molecular weight is 476 g/mol. The Bertz CT molecular complexity index is 1120. The molecule has 0 spiro atoms. The number of benzene rings is 1. The number of imidazole rings is 1. The van der Waals surface area contributed by atoms with Crippen LogP contribution in [-0.4, -0.2) is 62.3 Å². The lowest BCUT2D eigenvalue weighted by Crippen LogP contribution is -2.33. The highest BCUT2D eigenvalue weighted by molar-refractivity contribution is 5.94. The number of nitrogens with zero attached hydrogens (tertiary/aromatic N) is 4. The summed E-state index contributed by atoms with van der Waals surface area (Å²) in [6.07, 6.45) is 1.16. The molecule has 3 heterocycles. The van der Waals surface area contributed by atoms with E-state index in [9.17, 15) is 18.0 Å². The molecule has 0 aliphatic carbocycles. The molecule has 1 N–H and O–H groups in total.